The van der Waals surface area contributed by atoms with Gasteiger partial charge in [0.2, 0.25) is 19.7 Å². The number of amides is 2. The minimum Gasteiger partial charge on any atom is -0.480 e. The van der Waals surface area contributed by atoms with Gasteiger partial charge in [0.1, 0.15) is 30.7 Å². The molecule has 7 aliphatic rings. The lowest BCUT2D eigenvalue weighted by Gasteiger charge is -2.46. The van der Waals surface area contributed by atoms with Crippen molar-refractivity contribution in [2.75, 3.05) is 0 Å². The number of carbonyl (C=O) groups is 4. The molecule has 2 aromatic carbocycles. The minimum atomic E-state index is -4.35. The third-order valence-electron chi connectivity index (χ3n) is 13.5. The molecule has 3 aliphatic carbocycles. The van der Waals surface area contributed by atoms with Crippen LogP contribution in [0.1, 0.15) is 101 Å². The molecule has 2 N–H and O–H groups in total. The number of nitrogens with zero attached hydrogens (tertiary/aromatic N) is 2. The van der Waals surface area contributed by atoms with E-state index in [9.17, 15) is 46.2 Å². The summed E-state index contributed by atoms with van der Waals surface area (Å²) in [5.74, 6) is -9.51. The lowest BCUT2D eigenvalue weighted by Crippen LogP contribution is -2.53. The van der Waals surface area contributed by atoms with Crippen molar-refractivity contribution in [2.24, 2.45) is 0 Å². The Hall–Kier alpha value is -5.62. The van der Waals surface area contributed by atoms with E-state index in [0.717, 1.165) is 36.1 Å². The Balaban J connectivity index is 0.942. The summed E-state index contributed by atoms with van der Waals surface area (Å²) in [6, 6.07) is 17.9. The molecule has 2 amide bonds. The Bertz CT molecular complexity index is 2400. The number of ether oxygens (including phenoxy) is 4. The maximum atomic E-state index is 14.2. The van der Waals surface area contributed by atoms with E-state index in [2.05, 4.69) is 0 Å². The summed E-state index contributed by atoms with van der Waals surface area (Å²) in [7, 11) is -8.69. The van der Waals surface area contributed by atoms with Crippen LogP contribution in [0.4, 0.5) is 0 Å². The van der Waals surface area contributed by atoms with Gasteiger partial charge in [-0.1, -0.05) is 99.2 Å². The van der Waals surface area contributed by atoms with Crippen molar-refractivity contribution in [1.82, 2.24) is 9.80 Å². The monoisotopic (exact) mass is 890 g/mol. The first-order valence-electron chi connectivity index (χ1n) is 20.9. The van der Waals surface area contributed by atoms with Crippen LogP contribution in [0.3, 0.4) is 0 Å². The fraction of sp³-hybridized carbons (Fsp3) is 0.455. The first-order valence-corrected chi connectivity index (χ1v) is 23.9. The molecule has 18 heteroatoms. The van der Waals surface area contributed by atoms with Gasteiger partial charge in [0, 0.05) is 38.8 Å². The van der Waals surface area contributed by atoms with Crippen LogP contribution in [0, 0.1) is 0 Å². The average molecular weight is 891 g/mol. The van der Waals surface area contributed by atoms with Gasteiger partial charge in [-0.2, -0.15) is 0 Å². The van der Waals surface area contributed by atoms with Crippen molar-refractivity contribution in [1.29, 1.82) is 0 Å². The van der Waals surface area contributed by atoms with Gasteiger partial charge in [-0.25, -0.2) is 26.4 Å². The van der Waals surface area contributed by atoms with Crippen molar-refractivity contribution in [3.63, 3.8) is 0 Å². The number of hydrogen-bond donors (Lipinski definition) is 2. The number of hydrogen-bond acceptors (Lipinski definition) is 14. The predicted octanol–water partition coefficient (Wildman–Crippen LogP) is 5.64. The molecule has 0 aromatic heterocycles. The fourth-order valence-electron chi connectivity index (χ4n) is 10.1. The van der Waals surface area contributed by atoms with E-state index in [1.165, 1.54) is 9.80 Å². The van der Waals surface area contributed by atoms with Gasteiger partial charge >= 0.3 is 11.9 Å². The van der Waals surface area contributed by atoms with Gasteiger partial charge in [-0.15, -0.1) is 0 Å². The lowest BCUT2D eigenvalue weighted by atomic mass is 9.87. The molecule has 0 atom stereocenters. The number of aliphatic hydroxyl groups is 2. The molecule has 2 saturated heterocycles. The summed E-state index contributed by atoms with van der Waals surface area (Å²) in [6.45, 7) is 0.0450. The second-order valence-electron chi connectivity index (χ2n) is 17.0. The van der Waals surface area contributed by atoms with Crippen LogP contribution in [0.2, 0.25) is 0 Å². The van der Waals surface area contributed by atoms with E-state index >= 15 is 0 Å². The Kier molecular flexibility index (Phi) is 10.1. The van der Waals surface area contributed by atoms with Crippen molar-refractivity contribution in [3.8, 4) is 0 Å². The van der Waals surface area contributed by atoms with Gasteiger partial charge in [0.05, 0.1) is 0 Å². The highest BCUT2D eigenvalue weighted by molar-refractivity contribution is 7.98. The zero-order valence-electron chi connectivity index (χ0n) is 33.7. The number of aliphatic hydroxyl groups excluding tert-OH is 2. The minimum absolute atomic E-state index is 0.0225. The molecule has 3 saturated carbocycles. The second kappa shape index (κ2) is 15.0. The smallest absolute Gasteiger partial charge is 0.348 e. The quantitative estimate of drug-likeness (QED) is 0.265. The fourth-order valence-corrected chi connectivity index (χ4v) is 14.7. The topological polar surface area (TPSA) is 220 Å². The van der Waals surface area contributed by atoms with Crippen molar-refractivity contribution in [2.45, 2.75) is 124 Å². The molecule has 4 spiro atoms. The van der Waals surface area contributed by atoms with Gasteiger partial charge < -0.3 is 39.0 Å². The second-order valence-corrected chi connectivity index (χ2v) is 21.4. The largest absolute Gasteiger partial charge is 0.480 e. The van der Waals surface area contributed by atoms with Crippen molar-refractivity contribution >= 4 is 43.4 Å². The van der Waals surface area contributed by atoms with Gasteiger partial charge in [0.15, 0.2) is 0 Å². The van der Waals surface area contributed by atoms with Crippen LogP contribution in [-0.2, 0) is 70.9 Å². The van der Waals surface area contributed by atoms with E-state index < -0.39 is 97.6 Å². The molecule has 328 valence electrons. The zero-order valence-corrected chi connectivity index (χ0v) is 35.4. The molecule has 62 heavy (non-hydrogen) atoms. The van der Waals surface area contributed by atoms with Crippen LogP contribution in [-0.4, -0.2) is 81.9 Å². The SMILES string of the molecule is O=C1OC2(CCC3(CC2)OC(=O)C(/C=C2\C(=O)N(Cc4ccccc4)C4(CCCCC4)S2(=O)=O)=C(O)O3)OC(O)=C1/C=C1\C(=O)N(Cc2ccccc2)C2(CCCCC2)S1(=O)=O. The molecular formula is C44H46N2O14S2. The Labute approximate surface area is 358 Å². The average Bonchev–Trinajstić information content (AvgIpc) is 3.48. The highest BCUT2D eigenvalue weighted by Gasteiger charge is 2.63. The first-order chi connectivity index (χ1) is 29.6. The maximum absolute atomic E-state index is 14.2. The molecule has 2 aromatic rings. The predicted molar refractivity (Wildman–Crippen MR) is 217 cm³/mol. The Morgan fingerprint density at radius 1 is 0.500 bits per heavy atom. The summed E-state index contributed by atoms with van der Waals surface area (Å²) in [6.07, 6.45) is 5.39. The Morgan fingerprint density at radius 2 is 0.839 bits per heavy atom. The standard InChI is InChI=1S/C44H46N2O14S2/c47-35-33(61(53,54)41(17-9-3-10-18-41)45(35)27-29-13-5-1-6-14-29)25-31-37(49)57-43(58-38(31)50)21-23-44(24-22-43)59-39(51)32(40(52)60-44)26-34-36(48)46(28-30-15-7-2-8-16-30)42(62(34,55)56)19-11-4-12-20-42/h1-2,5-8,13-16,25-26,49,51H,3-4,9-12,17-24,27-28H2/b33-25+,34-26+. The highest BCUT2D eigenvalue weighted by Crippen LogP contribution is 2.52. The van der Waals surface area contributed by atoms with E-state index in [0.29, 0.717) is 25.7 Å². The molecule has 4 aliphatic heterocycles. The third kappa shape index (κ3) is 6.50. The summed E-state index contributed by atoms with van der Waals surface area (Å²) >= 11 is 0. The summed E-state index contributed by atoms with van der Waals surface area (Å²) in [4.78, 5) is 53.5. The lowest BCUT2D eigenvalue weighted by molar-refractivity contribution is -0.302. The zero-order chi connectivity index (χ0) is 43.7. The highest BCUT2D eigenvalue weighted by atomic mass is 32.2. The number of rotatable bonds is 6. The van der Waals surface area contributed by atoms with E-state index in [-0.39, 0.29) is 64.5 Å². The molecule has 4 heterocycles. The third-order valence-corrected chi connectivity index (χ3v) is 18.5. The van der Waals surface area contributed by atoms with E-state index in [4.69, 9.17) is 18.9 Å². The number of esters is 2. The Morgan fingerprint density at radius 3 is 1.16 bits per heavy atom. The maximum Gasteiger partial charge on any atom is 0.348 e. The van der Waals surface area contributed by atoms with Crippen LogP contribution in [0.25, 0.3) is 0 Å². The molecule has 5 fully saturated rings. The first kappa shape index (κ1) is 41.7. The number of carbonyl (C=O) groups excluding carboxylic acids is 4. The van der Waals surface area contributed by atoms with Crippen LogP contribution >= 0.6 is 0 Å². The van der Waals surface area contributed by atoms with Crippen molar-refractivity contribution in [3.05, 3.63) is 117 Å². The molecular weight excluding hydrogens is 845 g/mol. The molecule has 0 bridgehead atoms. The van der Waals surface area contributed by atoms with Crippen molar-refractivity contribution < 1.29 is 65.2 Å². The normalized spacial score (nSPS) is 30.1. The summed E-state index contributed by atoms with van der Waals surface area (Å²) < 4.78 is 79.9. The molecule has 0 unspecified atom stereocenters. The van der Waals surface area contributed by atoms with E-state index in [1.54, 1.807) is 48.5 Å². The summed E-state index contributed by atoms with van der Waals surface area (Å²) in [5, 5.41) is 22.3. The summed E-state index contributed by atoms with van der Waals surface area (Å²) in [5.41, 5.74) is 0.119. The van der Waals surface area contributed by atoms with Crippen LogP contribution in [0.5, 0.6) is 0 Å². The van der Waals surface area contributed by atoms with E-state index in [1.807, 2.05) is 12.1 Å². The van der Waals surface area contributed by atoms with Crippen LogP contribution in [0.15, 0.2) is 106 Å². The molecule has 9 rings (SSSR count). The van der Waals surface area contributed by atoms with Gasteiger partial charge in [-0.3, -0.25) is 9.59 Å². The van der Waals surface area contributed by atoms with Gasteiger partial charge in [-0.05, 0) is 49.0 Å². The van der Waals surface area contributed by atoms with Crippen LogP contribution < -0.4 is 0 Å². The van der Waals surface area contributed by atoms with Gasteiger partial charge in [0.25, 0.3) is 35.3 Å². The number of benzene rings is 2. The molecule has 16 nitrogen and oxygen atoms in total. The number of sulfone groups is 2. The molecule has 0 radical (unpaired) electrons.